The number of hydrogen-bond acceptors (Lipinski definition) is 3. The van der Waals surface area contributed by atoms with Crippen LogP contribution in [0.25, 0.3) is 0 Å². The highest BCUT2D eigenvalue weighted by molar-refractivity contribution is 5.79. The van der Waals surface area contributed by atoms with Crippen molar-refractivity contribution >= 4 is 5.91 Å². The fourth-order valence-corrected chi connectivity index (χ4v) is 2.03. The van der Waals surface area contributed by atoms with Crippen LogP contribution in [0, 0.1) is 0 Å². The van der Waals surface area contributed by atoms with Crippen molar-refractivity contribution in [2.75, 3.05) is 32.7 Å². The molecule has 2 heterocycles. The van der Waals surface area contributed by atoms with E-state index in [-0.39, 0.29) is 0 Å². The van der Waals surface area contributed by atoms with E-state index in [1.807, 2.05) is 4.90 Å². The SMILES string of the molecule is CC(C)N1CCN(C2CNC2)C(=O)C1. The quantitative estimate of drug-likeness (QED) is 0.649. The second kappa shape index (κ2) is 3.87. The minimum atomic E-state index is 0.302. The van der Waals surface area contributed by atoms with Gasteiger partial charge in [-0.3, -0.25) is 9.69 Å². The Bertz CT molecular complexity index is 225. The van der Waals surface area contributed by atoms with E-state index in [9.17, 15) is 4.79 Å². The van der Waals surface area contributed by atoms with Crippen molar-refractivity contribution in [2.24, 2.45) is 0 Å². The molecule has 1 N–H and O–H groups in total. The van der Waals surface area contributed by atoms with Gasteiger partial charge in [-0.2, -0.15) is 0 Å². The first-order valence-corrected chi connectivity index (χ1v) is 5.42. The molecule has 2 fully saturated rings. The Hall–Kier alpha value is -0.610. The molecule has 0 aromatic carbocycles. The van der Waals surface area contributed by atoms with Gasteiger partial charge in [0.2, 0.25) is 5.91 Å². The first kappa shape index (κ1) is 9.93. The topological polar surface area (TPSA) is 35.6 Å². The summed E-state index contributed by atoms with van der Waals surface area (Å²) in [5, 5.41) is 3.21. The lowest BCUT2D eigenvalue weighted by molar-refractivity contribution is -0.140. The molecule has 0 aliphatic carbocycles. The molecule has 2 rings (SSSR count). The second-order valence-corrected chi connectivity index (χ2v) is 4.46. The third-order valence-electron chi connectivity index (χ3n) is 3.22. The molecule has 0 unspecified atom stereocenters. The van der Waals surface area contributed by atoms with Gasteiger partial charge in [0.05, 0.1) is 12.6 Å². The highest BCUT2D eigenvalue weighted by atomic mass is 16.2. The van der Waals surface area contributed by atoms with Crippen LogP contribution in [0.5, 0.6) is 0 Å². The zero-order chi connectivity index (χ0) is 10.1. The molecular formula is C10H19N3O. The van der Waals surface area contributed by atoms with E-state index >= 15 is 0 Å². The van der Waals surface area contributed by atoms with E-state index in [1.165, 1.54) is 0 Å². The molecule has 0 bridgehead atoms. The molecule has 0 atom stereocenters. The molecule has 2 saturated heterocycles. The van der Waals surface area contributed by atoms with Gasteiger partial charge >= 0.3 is 0 Å². The van der Waals surface area contributed by atoms with E-state index < -0.39 is 0 Å². The summed E-state index contributed by atoms with van der Waals surface area (Å²) in [7, 11) is 0. The van der Waals surface area contributed by atoms with Crippen LogP contribution < -0.4 is 5.32 Å². The van der Waals surface area contributed by atoms with Crippen molar-refractivity contribution in [3.05, 3.63) is 0 Å². The predicted octanol–water partition coefficient (Wildman–Crippen LogP) is -0.489. The monoisotopic (exact) mass is 197 g/mol. The summed E-state index contributed by atoms with van der Waals surface area (Å²) in [4.78, 5) is 16.1. The van der Waals surface area contributed by atoms with Crippen molar-refractivity contribution in [3.63, 3.8) is 0 Å². The zero-order valence-corrected chi connectivity index (χ0v) is 8.99. The maximum Gasteiger partial charge on any atom is 0.237 e. The number of nitrogens with one attached hydrogen (secondary N) is 1. The van der Waals surface area contributed by atoms with Crippen molar-refractivity contribution in [1.29, 1.82) is 0 Å². The standard InChI is InChI=1S/C10H19N3O/c1-8(2)12-3-4-13(10(14)7-12)9-5-11-6-9/h8-9,11H,3-7H2,1-2H3. The number of amides is 1. The number of carbonyl (C=O) groups is 1. The van der Waals surface area contributed by atoms with Crippen LogP contribution in [-0.2, 0) is 4.79 Å². The lowest BCUT2D eigenvalue weighted by atomic mass is 10.1. The van der Waals surface area contributed by atoms with Gasteiger partial charge in [0.1, 0.15) is 0 Å². The summed E-state index contributed by atoms with van der Waals surface area (Å²) in [6.45, 7) is 8.79. The van der Waals surface area contributed by atoms with Gasteiger partial charge in [0.15, 0.2) is 0 Å². The Labute approximate surface area is 85.2 Å². The fraction of sp³-hybridized carbons (Fsp3) is 0.900. The van der Waals surface area contributed by atoms with Gasteiger partial charge in [-0.25, -0.2) is 0 Å². The first-order valence-electron chi connectivity index (χ1n) is 5.42. The van der Waals surface area contributed by atoms with E-state index in [0.717, 1.165) is 26.2 Å². The summed E-state index contributed by atoms with van der Waals surface area (Å²) < 4.78 is 0. The molecule has 0 aromatic rings. The maximum absolute atomic E-state index is 11.8. The molecule has 0 spiro atoms. The molecule has 4 nitrogen and oxygen atoms in total. The van der Waals surface area contributed by atoms with Crippen molar-refractivity contribution < 1.29 is 4.79 Å². The number of hydrogen-bond donors (Lipinski definition) is 1. The van der Waals surface area contributed by atoms with E-state index in [4.69, 9.17) is 0 Å². The Morgan fingerprint density at radius 3 is 2.50 bits per heavy atom. The smallest absolute Gasteiger partial charge is 0.237 e. The van der Waals surface area contributed by atoms with Crippen LogP contribution in [0.3, 0.4) is 0 Å². The molecule has 4 heteroatoms. The largest absolute Gasteiger partial charge is 0.335 e. The number of nitrogens with zero attached hydrogens (tertiary/aromatic N) is 2. The fourth-order valence-electron chi connectivity index (χ4n) is 2.03. The third kappa shape index (κ3) is 1.77. The summed E-state index contributed by atoms with van der Waals surface area (Å²) in [5.41, 5.74) is 0. The Balaban J connectivity index is 1.90. The van der Waals surface area contributed by atoms with Crippen LogP contribution in [0.4, 0.5) is 0 Å². The molecule has 2 aliphatic rings. The number of rotatable bonds is 2. The molecule has 0 saturated carbocycles. The Morgan fingerprint density at radius 1 is 1.36 bits per heavy atom. The third-order valence-corrected chi connectivity index (χ3v) is 3.22. The summed E-state index contributed by atoms with van der Waals surface area (Å²) in [6.07, 6.45) is 0. The van der Waals surface area contributed by atoms with Gasteiger partial charge in [-0.1, -0.05) is 0 Å². The van der Waals surface area contributed by atoms with Crippen LogP contribution >= 0.6 is 0 Å². The van der Waals surface area contributed by atoms with Crippen LogP contribution in [-0.4, -0.2) is 60.5 Å². The lowest BCUT2D eigenvalue weighted by Gasteiger charge is -2.44. The average Bonchev–Trinajstić information content (AvgIpc) is 2.04. The predicted molar refractivity (Wildman–Crippen MR) is 55.1 cm³/mol. The summed E-state index contributed by atoms with van der Waals surface area (Å²) in [6, 6.07) is 0.956. The van der Waals surface area contributed by atoms with Gasteiger partial charge < -0.3 is 10.2 Å². The van der Waals surface area contributed by atoms with Gasteiger partial charge in [0.25, 0.3) is 0 Å². The van der Waals surface area contributed by atoms with Crippen molar-refractivity contribution in [3.8, 4) is 0 Å². The molecule has 0 radical (unpaired) electrons. The lowest BCUT2D eigenvalue weighted by Crippen LogP contribution is -2.64. The number of piperazine rings is 1. The average molecular weight is 197 g/mol. The molecular weight excluding hydrogens is 178 g/mol. The maximum atomic E-state index is 11.8. The van der Waals surface area contributed by atoms with E-state index in [1.54, 1.807) is 0 Å². The Morgan fingerprint density at radius 2 is 2.07 bits per heavy atom. The molecule has 80 valence electrons. The van der Waals surface area contributed by atoms with E-state index in [0.29, 0.717) is 24.5 Å². The van der Waals surface area contributed by atoms with Crippen LogP contribution in [0.2, 0.25) is 0 Å². The highest BCUT2D eigenvalue weighted by Gasteiger charge is 2.32. The molecule has 1 amide bonds. The minimum Gasteiger partial charge on any atom is -0.335 e. The van der Waals surface area contributed by atoms with Crippen LogP contribution in [0.15, 0.2) is 0 Å². The highest BCUT2D eigenvalue weighted by Crippen LogP contribution is 2.12. The van der Waals surface area contributed by atoms with Crippen LogP contribution in [0.1, 0.15) is 13.8 Å². The van der Waals surface area contributed by atoms with Crippen molar-refractivity contribution in [1.82, 2.24) is 15.1 Å². The van der Waals surface area contributed by atoms with E-state index in [2.05, 4.69) is 24.1 Å². The minimum absolute atomic E-state index is 0.302. The Kier molecular flexibility index (Phi) is 2.74. The van der Waals surface area contributed by atoms with Gasteiger partial charge in [-0.05, 0) is 13.8 Å². The molecule has 2 aliphatic heterocycles. The number of carbonyl (C=O) groups excluding carboxylic acids is 1. The zero-order valence-electron chi connectivity index (χ0n) is 8.99. The summed E-state index contributed by atoms with van der Waals surface area (Å²) >= 11 is 0. The first-order chi connectivity index (χ1) is 6.68. The normalized spacial score (nSPS) is 25.6. The van der Waals surface area contributed by atoms with Gasteiger partial charge in [0, 0.05) is 32.2 Å². The molecule has 0 aromatic heterocycles. The van der Waals surface area contributed by atoms with Gasteiger partial charge in [-0.15, -0.1) is 0 Å². The molecule has 14 heavy (non-hydrogen) atoms. The van der Waals surface area contributed by atoms with Crippen molar-refractivity contribution in [2.45, 2.75) is 25.9 Å². The summed E-state index contributed by atoms with van der Waals surface area (Å²) in [5.74, 6) is 0.302. The second-order valence-electron chi connectivity index (χ2n) is 4.46.